The Balaban J connectivity index is 1.19. The lowest BCUT2D eigenvalue weighted by atomic mass is 10.1. The van der Waals surface area contributed by atoms with Crippen LogP contribution in [0.3, 0.4) is 0 Å². The van der Waals surface area contributed by atoms with Crippen LogP contribution in [-0.2, 0) is 4.79 Å². The molecule has 1 amide bonds. The third kappa shape index (κ3) is 4.39. The third-order valence-corrected chi connectivity index (χ3v) is 7.33. The van der Waals surface area contributed by atoms with E-state index in [2.05, 4.69) is 14.9 Å². The first-order valence-corrected chi connectivity index (χ1v) is 12.1. The van der Waals surface area contributed by atoms with Crippen molar-refractivity contribution in [2.24, 2.45) is 0 Å². The van der Waals surface area contributed by atoms with Gasteiger partial charge in [-0.1, -0.05) is 36.0 Å². The molecule has 1 aliphatic heterocycles. The molecule has 32 heavy (non-hydrogen) atoms. The summed E-state index contributed by atoms with van der Waals surface area (Å²) in [6, 6.07) is 15.1. The van der Waals surface area contributed by atoms with Gasteiger partial charge in [-0.15, -0.1) is 11.3 Å². The summed E-state index contributed by atoms with van der Waals surface area (Å²) in [5.41, 5.74) is 1.16. The number of piperazine rings is 1. The second-order valence-electron chi connectivity index (χ2n) is 7.33. The number of aromatic nitrogens is 2. The van der Waals surface area contributed by atoms with Crippen molar-refractivity contribution < 1.29 is 9.21 Å². The number of pyridine rings is 1. The van der Waals surface area contributed by atoms with Crippen molar-refractivity contribution in [3.05, 3.63) is 70.5 Å². The number of carbonyl (C=O) groups is 1. The molecular formula is C23H20N4O3S2. The number of thioether (sulfide) groups is 1. The zero-order chi connectivity index (χ0) is 21.9. The van der Waals surface area contributed by atoms with Crippen LogP contribution >= 0.6 is 23.1 Å². The lowest BCUT2D eigenvalue weighted by Crippen LogP contribution is -2.49. The Hall–Kier alpha value is -3.17. The van der Waals surface area contributed by atoms with Gasteiger partial charge in [-0.05, 0) is 24.3 Å². The number of para-hydroxylation sites is 1. The number of benzene rings is 1. The van der Waals surface area contributed by atoms with E-state index >= 15 is 0 Å². The molecule has 0 unspecified atom stereocenters. The lowest BCUT2D eigenvalue weighted by Gasteiger charge is -2.35. The van der Waals surface area contributed by atoms with Gasteiger partial charge in [0.2, 0.25) is 5.91 Å². The third-order valence-electron chi connectivity index (χ3n) is 5.33. The number of anilines is 1. The van der Waals surface area contributed by atoms with E-state index in [4.69, 9.17) is 4.42 Å². The number of rotatable bonds is 5. The summed E-state index contributed by atoms with van der Waals surface area (Å²) in [5.74, 6) is 1.36. The van der Waals surface area contributed by atoms with E-state index in [1.807, 2.05) is 46.7 Å². The fourth-order valence-electron chi connectivity index (χ4n) is 3.63. The van der Waals surface area contributed by atoms with E-state index in [1.54, 1.807) is 18.3 Å². The highest BCUT2D eigenvalue weighted by Gasteiger charge is 2.22. The molecule has 0 bridgehead atoms. The van der Waals surface area contributed by atoms with Crippen LogP contribution in [0.2, 0.25) is 0 Å². The monoisotopic (exact) mass is 464 g/mol. The summed E-state index contributed by atoms with van der Waals surface area (Å²) >= 11 is 2.83. The number of nitrogens with zero attached hydrogens (tertiary/aromatic N) is 4. The van der Waals surface area contributed by atoms with Gasteiger partial charge in [0, 0.05) is 43.1 Å². The van der Waals surface area contributed by atoms with E-state index in [-0.39, 0.29) is 5.91 Å². The van der Waals surface area contributed by atoms with Crippen LogP contribution in [0.5, 0.6) is 0 Å². The van der Waals surface area contributed by atoms with Crippen LogP contribution in [0.4, 0.5) is 5.82 Å². The highest BCUT2D eigenvalue weighted by Crippen LogP contribution is 2.28. The Kier molecular flexibility index (Phi) is 5.91. The van der Waals surface area contributed by atoms with Crippen LogP contribution < -0.4 is 10.5 Å². The molecule has 0 spiro atoms. The first-order valence-electron chi connectivity index (χ1n) is 10.2. The molecule has 1 saturated heterocycles. The largest absolute Gasteiger partial charge is 0.422 e. The standard InChI is InChI=1S/C23H20N4O3S2/c28-21(27-11-9-26(10-12-27)20-7-3-4-8-24-20)15-32-23-25-18(14-31-23)17-13-16-5-1-2-6-19(16)30-22(17)29/h1-8,13-14H,9-12,15H2. The maximum absolute atomic E-state index is 12.7. The van der Waals surface area contributed by atoms with E-state index < -0.39 is 5.63 Å². The molecule has 162 valence electrons. The molecule has 1 fully saturated rings. The SMILES string of the molecule is O=C(CSc1nc(-c2cc3ccccc3oc2=O)cs1)N1CCN(c2ccccn2)CC1. The number of fused-ring (bicyclic) bond motifs is 1. The second kappa shape index (κ2) is 9.13. The van der Waals surface area contributed by atoms with Gasteiger partial charge in [0.05, 0.1) is 17.0 Å². The fourth-order valence-corrected chi connectivity index (χ4v) is 5.36. The van der Waals surface area contributed by atoms with E-state index in [1.165, 1.54) is 23.1 Å². The highest BCUT2D eigenvalue weighted by molar-refractivity contribution is 8.01. The summed E-state index contributed by atoms with van der Waals surface area (Å²) in [4.78, 5) is 38.1. The van der Waals surface area contributed by atoms with Gasteiger partial charge in [0.15, 0.2) is 4.34 Å². The molecular weight excluding hydrogens is 444 g/mol. The molecule has 0 radical (unpaired) electrons. The fraction of sp³-hybridized carbons (Fsp3) is 0.217. The molecule has 9 heteroatoms. The lowest BCUT2D eigenvalue weighted by molar-refractivity contribution is -0.128. The van der Waals surface area contributed by atoms with E-state index in [9.17, 15) is 9.59 Å². The molecule has 1 aromatic carbocycles. The van der Waals surface area contributed by atoms with Crippen molar-refractivity contribution in [2.75, 3.05) is 36.8 Å². The van der Waals surface area contributed by atoms with Crippen molar-refractivity contribution >= 4 is 45.8 Å². The average molecular weight is 465 g/mol. The summed E-state index contributed by atoms with van der Waals surface area (Å²) in [6.07, 6.45) is 1.79. The maximum atomic E-state index is 12.7. The highest BCUT2D eigenvalue weighted by atomic mass is 32.2. The van der Waals surface area contributed by atoms with E-state index in [0.717, 1.165) is 28.6 Å². The van der Waals surface area contributed by atoms with Crippen LogP contribution in [0, 0.1) is 0 Å². The number of amides is 1. The second-order valence-corrected chi connectivity index (χ2v) is 9.41. The van der Waals surface area contributed by atoms with Crippen molar-refractivity contribution in [3.63, 3.8) is 0 Å². The Labute approximate surface area is 192 Å². The number of carbonyl (C=O) groups excluding carboxylic acids is 1. The first kappa shape index (κ1) is 20.7. The topological polar surface area (TPSA) is 79.5 Å². The summed E-state index contributed by atoms with van der Waals surface area (Å²) < 4.78 is 6.17. The quantitative estimate of drug-likeness (QED) is 0.329. The molecule has 3 aromatic heterocycles. The Morgan fingerprint density at radius 2 is 1.91 bits per heavy atom. The maximum Gasteiger partial charge on any atom is 0.345 e. The summed E-state index contributed by atoms with van der Waals surface area (Å²) in [7, 11) is 0. The number of hydrogen-bond acceptors (Lipinski definition) is 8. The van der Waals surface area contributed by atoms with Gasteiger partial charge in [0.25, 0.3) is 0 Å². The summed E-state index contributed by atoms with van der Waals surface area (Å²) in [5, 5.41) is 2.68. The Bertz CT molecular complexity index is 1300. The minimum atomic E-state index is -0.410. The predicted molar refractivity (Wildman–Crippen MR) is 127 cm³/mol. The van der Waals surface area contributed by atoms with Gasteiger partial charge < -0.3 is 14.2 Å². The normalized spacial score (nSPS) is 14.1. The van der Waals surface area contributed by atoms with Crippen molar-refractivity contribution in [3.8, 4) is 11.3 Å². The molecule has 5 rings (SSSR count). The van der Waals surface area contributed by atoms with Crippen LogP contribution in [0.25, 0.3) is 22.2 Å². The minimum absolute atomic E-state index is 0.0950. The molecule has 4 aromatic rings. The van der Waals surface area contributed by atoms with Gasteiger partial charge in [-0.25, -0.2) is 14.8 Å². The van der Waals surface area contributed by atoms with Gasteiger partial charge in [-0.3, -0.25) is 4.79 Å². The molecule has 0 aliphatic carbocycles. The Morgan fingerprint density at radius 1 is 1.09 bits per heavy atom. The summed E-state index contributed by atoms with van der Waals surface area (Å²) in [6.45, 7) is 2.90. The molecule has 0 atom stereocenters. The first-order chi connectivity index (χ1) is 15.7. The zero-order valence-electron chi connectivity index (χ0n) is 17.1. The van der Waals surface area contributed by atoms with Gasteiger partial charge in [0.1, 0.15) is 11.4 Å². The minimum Gasteiger partial charge on any atom is -0.422 e. The van der Waals surface area contributed by atoms with Crippen molar-refractivity contribution in [1.82, 2.24) is 14.9 Å². The molecule has 4 heterocycles. The van der Waals surface area contributed by atoms with Crippen LogP contribution in [0.1, 0.15) is 0 Å². The molecule has 0 N–H and O–H groups in total. The van der Waals surface area contributed by atoms with E-state index in [0.29, 0.717) is 35.7 Å². The van der Waals surface area contributed by atoms with Gasteiger partial charge >= 0.3 is 5.63 Å². The average Bonchev–Trinajstić information content (AvgIpc) is 3.31. The number of hydrogen-bond donors (Lipinski definition) is 0. The predicted octanol–water partition coefficient (Wildman–Crippen LogP) is 3.75. The number of thiazole rings is 1. The van der Waals surface area contributed by atoms with Crippen LogP contribution in [0.15, 0.2) is 73.7 Å². The van der Waals surface area contributed by atoms with Crippen molar-refractivity contribution in [1.29, 1.82) is 0 Å². The molecule has 1 aliphatic rings. The van der Waals surface area contributed by atoms with Crippen molar-refractivity contribution in [2.45, 2.75) is 4.34 Å². The molecule has 7 nitrogen and oxygen atoms in total. The Morgan fingerprint density at radius 3 is 2.72 bits per heavy atom. The van der Waals surface area contributed by atoms with Gasteiger partial charge in [-0.2, -0.15) is 0 Å². The smallest absolute Gasteiger partial charge is 0.345 e. The molecule has 0 saturated carbocycles. The zero-order valence-corrected chi connectivity index (χ0v) is 18.8. The van der Waals surface area contributed by atoms with Crippen LogP contribution in [-0.4, -0.2) is 52.7 Å².